The van der Waals surface area contributed by atoms with E-state index in [9.17, 15) is 22.4 Å². The topological polar surface area (TPSA) is 102 Å². The Morgan fingerprint density at radius 1 is 1.14 bits per heavy atom. The fourth-order valence-electron chi connectivity index (χ4n) is 2.26. The van der Waals surface area contributed by atoms with Gasteiger partial charge in [0.2, 0.25) is 10.0 Å². The number of amides is 1. The molecule has 0 aliphatic carbocycles. The number of hydrogen-bond donors (Lipinski definition) is 2. The Morgan fingerprint density at radius 2 is 1.79 bits per heavy atom. The highest BCUT2D eigenvalue weighted by Gasteiger charge is 2.20. The average Bonchev–Trinajstić information content (AvgIpc) is 2.70. The molecule has 0 saturated heterocycles. The van der Waals surface area contributed by atoms with Crippen LogP contribution in [0.2, 0.25) is 0 Å². The molecule has 0 bridgehead atoms. The minimum Gasteiger partial charge on any atom is -0.465 e. The van der Waals surface area contributed by atoms with Crippen molar-refractivity contribution in [2.24, 2.45) is 0 Å². The van der Waals surface area contributed by atoms with Crippen LogP contribution in [-0.4, -0.2) is 33.9 Å². The van der Waals surface area contributed by atoms with E-state index in [1.165, 1.54) is 19.3 Å². The molecule has 0 aromatic heterocycles. The van der Waals surface area contributed by atoms with Gasteiger partial charge in [-0.25, -0.2) is 22.3 Å². The first-order valence-corrected chi connectivity index (χ1v) is 9.62. The normalized spacial score (nSPS) is 10.9. The van der Waals surface area contributed by atoms with Gasteiger partial charge >= 0.3 is 5.97 Å². The van der Waals surface area contributed by atoms with Crippen molar-refractivity contribution in [3.8, 4) is 0 Å². The second-order valence-corrected chi connectivity index (χ2v) is 7.39. The molecule has 2 aromatic rings. The van der Waals surface area contributed by atoms with E-state index < -0.39 is 32.6 Å². The van der Waals surface area contributed by atoms with Crippen molar-refractivity contribution in [2.45, 2.75) is 11.4 Å². The molecule has 0 aliphatic rings. The first-order valence-electron chi connectivity index (χ1n) is 8.14. The Kier molecular flexibility index (Phi) is 7.02. The van der Waals surface area contributed by atoms with Crippen molar-refractivity contribution in [3.05, 3.63) is 77.6 Å². The molecule has 0 aliphatic heterocycles. The number of nitrogens with one attached hydrogen (secondary N) is 2. The molecule has 0 radical (unpaired) electrons. The first-order chi connectivity index (χ1) is 13.3. The van der Waals surface area contributed by atoms with E-state index in [1.54, 1.807) is 24.3 Å². The summed E-state index contributed by atoms with van der Waals surface area (Å²) in [5.41, 5.74) is 1.08. The van der Waals surface area contributed by atoms with E-state index in [0.717, 1.165) is 12.1 Å². The number of sulfonamides is 1. The molecule has 28 heavy (non-hydrogen) atoms. The molecule has 1 amide bonds. The number of rotatable bonds is 8. The van der Waals surface area contributed by atoms with Gasteiger partial charge in [-0.15, -0.1) is 6.58 Å². The van der Waals surface area contributed by atoms with E-state index in [1.807, 2.05) is 0 Å². The quantitative estimate of drug-likeness (QED) is 0.516. The maximum absolute atomic E-state index is 13.9. The van der Waals surface area contributed by atoms with E-state index in [-0.39, 0.29) is 18.7 Å². The Morgan fingerprint density at radius 3 is 2.39 bits per heavy atom. The molecule has 0 spiro atoms. The van der Waals surface area contributed by atoms with Crippen LogP contribution in [0.4, 0.5) is 4.39 Å². The predicted octanol–water partition coefficient (Wildman–Crippen LogP) is 2.01. The molecular weight excluding hydrogens is 387 g/mol. The number of halogens is 1. The number of carbonyl (C=O) groups excluding carboxylic acids is 2. The van der Waals surface area contributed by atoms with Gasteiger partial charge in [-0.2, -0.15) is 0 Å². The molecule has 2 aromatic carbocycles. The fourth-order valence-corrected chi connectivity index (χ4v) is 3.36. The highest BCUT2D eigenvalue weighted by molar-refractivity contribution is 7.89. The van der Waals surface area contributed by atoms with Gasteiger partial charge in [0.1, 0.15) is 10.7 Å². The van der Waals surface area contributed by atoms with Crippen LogP contribution >= 0.6 is 0 Å². The van der Waals surface area contributed by atoms with E-state index in [2.05, 4.69) is 21.4 Å². The summed E-state index contributed by atoms with van der Waals surface area (Å²) >= 11 is 0. The summed E-state index contributed by atoms with van der Waals surface area (Å²) in [4.78, 5) is 23.1. The Hall–Kier alpha value is -3.04. The van der Waals surface area contributed by atoms with Crippen molar-refractivity contribution in [1.29, 1.82) is 0 Å². The Labute approximate surface area is 162 Å². The largest absolute Gasteiger partial charge is 0.465 e. The Balaban J connectivity index is 2.11. The standard InChI is InChI=1S/C19H19FN2O5S/c1-3-10-22-28(25,26)17-11-15(8-9-16(17)20)18(23)21-12-13-4-6-14(7-5-13)19(24)27-2/h3-9,11,22H,1,10,12H2,2H3,(H,21,23). The van der Waals surface area contributed by atoms with Crippen LogP contribution < -0.4 is 10.0 Å². The minimum absolute atomic E-state index is 0.00782. The third-order valence-corrected chi connectivity index (χ3v) is 5.17. The van der Waals surface area contributed by atoms with Gasteiger partial charge in [-0.1, -0.05) is 18.2 Å². The van der Waals surface area contributed by atoms with Crippen LogP contribution in [0.1, 0.15) is 26.3 Å². The molecule has 0 atom stereocenters. The predicted molar refractivity (Wildman–Crippen MR) is 101 cm³/mol. The van der Waals surface area contributed by atoms with Crippen molar-refractivity contribution in [3.63, 3.8) is 0 Å². The van der Waals surface area contributed by atoms with Crippen LogP contribution in [-0.2, 0) is 21.3 Å². The zero-order valence-electron chi connectivity index (χ0n) is 15.1. The molecular formula is C19H19FN2O5S. The summed E-state index contributed by atoms with van der Waals surface area (Å²) < 4.78 is 44.9. The summed E-state index contributed by atoms with van der Waals surface area (Å²) in [5, 5.41) is 2.61. The maximum Gasteiger partial charge on any atom is 0.337 e. The van der Waals surface area contributed by atoms with Gasteiger partial charge in [0.25, 0.3) is 5.91 Å². The number of methoxy groups -OCH3 is 1. The number of esters is 1. The number of hydrogen-bond acceptors (Lipinski definition) is 5. The maximum atomic E-state index is 13.9. The third kappa shape index (κ3) is 5.24. The highest BCUT2D eigenvalue weighted by atomic mass is 32.2. The van der Waals surface area contributed by atoms with Gasteiger partial charge in [0.15, 0.2) is 0 Å². The minimum atomic E-state index is -4.11. The Bertz CT molecular complexity index is 988. The summed E-state index contributed by atoms with van der Waals surface area (Å²) in [5.74, 6) is -2.01. The van der Waals surface area contributed by atoms with Crippen molar-refractivity contribution in [2.75, 3.05) is 13.7 Å². The molecule has 2 rings (SSSR count). The second kappa shape index (κ2) is 9.25. The van der Waals surface area contributed by atoms with Crippen LogP contribution in [0.5, 0.6) is 0 Å². The van der Waals surface area contributed by atoms with E-state index >= 15 is 0 Å². The number of benzene rings is 2. The zero-order valence-corrected chi connectivity index (χ0v) is 15.9. The monoisotopic (exact) mass is 406 g/mol. The van der Waals surface area contributed by atoms with Gasteiger partial charge in [-0.3, -0.25) is 4.79 Å². The molecule has 7 nitrogen and oxygen atoms in total. The number of carbonyl (C=O) groups is 2. The molecule has 0 saturated carbocycles. The van der Waals surface area contributed by atoms with E-state index in [4.69, 9.17) is 0 Å². The molecule has 2 N–H and O–H groups in total. The highest BCUT2D eigenvalue weighted by Crippen LogP contribution is 2.16. The average molecular weight is 406 g/mol. The van der Waals surface area contributed by atoms with Gasteiger partial charge in [-0.05, 0) is 35.9 Å². The van der Waals surface area contributed by atoms with Crippen LogP contribution in [0.15, 0.2) is 60.0 Å². The first kappa shape index (κ1) is 21.3. The lowest BCUT2D eigenvalue weighted by Gasteiger charge is -2.09. The van der Waals surface area contributed by atoms with Gasteiger partial charge in [0.05, 0.1) is 12.7 Å². The summed E-state index contributed by atoms with van der Waals surface area (Å²) in [6.07, 6.45) is 1.32. The lowest BCUT2D eigenvalue weighted by Crippen LogP contribution is -2.26. The summed E-state index contributed by atoms with van der Waals surface area (Å²) in [6, 6.07) is 9.48. The van der Waals surface area contributed by atoms with Gasteiger partial charge in [0, 0.05) is 18.7 Å². The molecule has 9 heteroatoms. The van der Waals surface area contributed by atoms with Gasteiger partial charge < -0.3 is 10.1 Å². The lowest BCUT2D eigenvalue weighted by atomic mass is 10.1. The van der Waals surface area contributed by atoms with Crippen LogP contribution in [0.25, 0.3) is 0 Å². The van der Waals surface area contributed by atoms with E-state index in [0.29, 0.717) is 11.1 Å². The number of ether oxygens (including phenoxy) is 1. The van der Waals surface area contributed by atoms with Crippen molar-refractivity contribution >= 4 is 21.9 Å². The summed E-state index contributed by atoms with van der Waals surface area (Å²) in [6.45, 7) is 3.45. The van der Waals surface area contributed by atoms with Crippen molar-refractivity contribution < 1.29 is 27.1 Å². The molecule has 0 fully saturated rings. The molecule has 148 valence electrons. The second-order valence-electron chi connectivity index (χ2n) is 5.66. The summed E-state index contributed by atoms with van der Waals surface area (Å²) in [7, 11) is -2.83. The third-order valence-electron chi connectivity index (χ3n) is 3.73. The molecule has 0 heterocycles. The van der Waals surface area contributed by atoms with Crippen molar-refractivity contribution in [1.82, 2.24) is 10.0 Å². The zero-order chi connectivity index (χ0) is 20.7. The molecule has 0 unspecified atom stereocenters. The fraction of sp³-hybridized carbons (Fsp3) is 0.158. The van der Waals surface area contributed by atoms with Crippen LogP contribution in [0.3, 0.4) is 0 Å². The smallest absolute Gasteiger partial charge is 0.337 e. The lowest BCUT2D eigenvalue weighted by molar-refractivity contribution is 0.0600. The van der Waals surface area contributed by atoms with Crippen LogP contribution in [0, 0.1) is 5.82 Å². The SMILES string of the molecule is C=CCNS(=O)(=O)c1cc(C(=O)NCc2ccc(C(=O)OC)cc2)ccc1F.